The lowest BCUT2D eigenvalue weighted by molar-refractivity contribution is 0.616. The minimum Gasteiger partial charge on any atom is -0.372 e. The van der Waals surface area contributed by atoms with Crippen molar-refractivity contribution in [2.45, 2.75) is 39.2 Å². The van der Waals surface area contributed by atoms with Crippen molar-refractivity contribution in [1.29, 1.82) is 0 Å². The number of benzene rings is 1. The molecule has 0 saturated carbocycles. The van der Waals surface area contributed by atoms with Gasteiger partial charge in [-0.15, -0.1) is 0 Å². The van der Waals surface area contributed by atoms with E-state index in [1.165, 1.54) is 18.5 Å². The summed E-state index contributed by atoms with van der Waals surface area (Å²) in [4.78, 5) is 2.28. The zero-order chi connectivity index (χ0) is 12.8. The van der Waals surface area contributed by atoms with Gasteiger partial charge in [-0.2, -0.15) is 0 Å². The zero-order valence-corrected chi connectivity index (χ0v) is 11.8. The van der Waals surface area contributed by atoms with Crippen LogP contribution in [0.25, 0.3) is 0 Å². The summed E-state index contributed by atoms with van der Waals surface area (Å²) < 4.78 is 0. The predicted molar refractivity (Wildman–Crippen MR) is 77.0 cm³/mol. The molecule has 2 nitrogen and oxygen atoms in total. The van der Waals surface area contributed by atoms with Crippen molar-refractivity contribution in [1.82, 2.24) is 0 Å². The standard InChI is InChI=1S/C14H23ClN2/c1-4-5-11(2)17(3)13-7-6-12(8-9-16)14(15)10-13/h6-7,10-11H,4-5,8-9,16H2,1-3H3. The molecule has 0 aliphatic carbocycles. The average molecular weight is 255 g/mol. The van der Waals surface area contributed by atoms with Crippen LogP contribution in [0.5, 0.6) is 0 Å². The van der Waals surface area contributed by atoms with E-state index in [0.717, 1.165) is 17.0 Å². The molecular weight excluding hydrogens is 232 g/mol. The fourth-order valence-corrected chi connectivity index (χ4v) is 2.25. The third-order valence-corrected chi connectivity index (χ3v) is 3.58. The summed E-state index contributed by atoms with van der Waals surface area (Å²) in [5.74, 6) is 0. The SMILES string of the molecule is CCCC(C)N(C)c1ccc(CCN)c(Cl)c1. The second-order valence-electron chi connectivity index (χ2n) is 4.56. The van der Waals surface area contributed by atoms with E-state index < -0.39 is 0 Å². The van der Waals surface area contributed by atoms with Gasteiger partial charge >= 0.3 is 0 Å². The lowest BCUT2D eigenvalue weighted by Crippen LogP contribution is -2.28. The van der Waals surface area contributed by atoms with Gasteiger partial charge in [0.05, 0.1) is 0 Å². The van der Waals surface area contributed by atoms with Gasteiger partial charge in [0, 0.05) is 23.8 Å². The lowest BCUT2D eigenvalue weighted by atomic mass is 10.1. The summed E-state index contributed by atoms with van der Waals surface area (Å²) in [7, 11) is 2.12. The Morgan fingerprint density at radius 1 is 1.41 bits per heavy atom. The van der Waals surface area contributed by atoms with Crippen molar-refractivity contribution >= 4 is 17.3 Å². The molecular formula is C14H23ClN2. The molecule has 3 heteroatoms. The minimum atomic E-state index is 0.538. The highest BCUT2D eigenvalue weighted by atomic mass is 35.5. The van der Waals surface area contributed by atoms with Crippen molar-refractivity contribution in [3.05, 3.63) is 28.8 Å². The summed E-state index contributed by atoms with van der Waals surface area (Å²) in [6.45, 7) is 5.09. The first-order valence-corrected chi connectivity index (χ1v) is 6.69. The molecule has 0 heterocycles. The maximum atomic E-state index is 6.25. The Hall–Kier alpha value is -0.730. The summed E-state index contributed by atoms with van der Waals surface area (Å²) in [5, 5.41) is 0.823. The largest absolute Gasteiger partial charge is 0.372 e. The van der Waals surface area contributed by atoms with E-state index in [1.807, 2.05) is 6.07 Å². The van der Waals surface area contributed by atoms with E-state index >= 15 is 0 Å². The molecule has 0 aliphatic heterocycles. The first-order chi connectivity index (χ1) is 8.10. The zero-order valence-electron chi connectivity index (χ0n) is 11.0. The number of hydrogen-bond acceptors (Lipinski definition) is 2. The predicted octanol–water partition coefficient (Wildman–Crippen LogP) is 3.47. The van der Waals surface area contributed by atoms with E-state index in [1.54, 1.807) is 0 Å². The van der Waals surface area contributed by atoms with Crippen molar-refractivity contribution in [3.63, 3.8) is 0 Å². The smallest absolute Gasteiger partial charge is 0.0459 e. The van der Waals surface area contributed by atoms with Crippen molar-refractivity contribution < 1.29 is 0 Å². The van der Waals surface area contributed by atoms with Gasteiger partial charge in [-0.3, -0.25) is 0 Å². The molecule has 1 atom stereocenters. The molecule has 0 fully saturated rings. The molecule has 0 radical (unpaired) electrons. The van der Waals surface area contributed by atoms with Crippen molar-refractivity contribution in [2.75, 3.05) is 18.5 Å². The number of halogens is 1. The lowest BCUT2D eigenvalue weighted by Gasteiger charge is -2.27. The monoisotopic (exact) mass is 254 g/mol. The molecule has 1 rings (SSSR count). The summed E-state index contributed by atoms with van der Waals surface area (Å²) in [6, 6.07) is 6.79. The maximum absolute atomic E-state index is 6.25. The average Bonchev–Trinajstić information content (AvgIpc) is 2.31. The molecule has 2 N–H and O–H groups in total. The molecule has 1 aromatic carbocycles. The molecule has 0 bridgehead atoms. The van der Waals surface area contributed by atoms with Gasteiger partial charge in [-0.25, -0.2) is 0 Å². The quantitative estimate of drug-likeness (QED) is 0.842. The Morgan fingerprint density at radius 2 is 2.12 bits per heavy atom. The third-order valence-electron chi connectivity index (χ3n) is 3.23. The minimum absolute atomic E-state index is 0.538. The Labute approximate surface area is 110 Å². The van der Waals surface area contributed by atoms with E-state index in [4.69, 9.17) is 17.3 Å². The number of nitrogens with two attached hydrogens (primary N) is 1. The van der Waals surface area contributed by atoms with Crippen molar-refractivity contribution in [3.8, 4) is 0 Å². The normalized spacial score (nSPS) is 12.5. The molecule has 0 aromatic heterocycles. The van der Waals surface area contributed by atoms with Crippen LogP contribution >= 0.6 is 11.6 Å². The first-order valence-electron chi connectivity index (χ1n) is 6.31. The van der Waals surface area contributed by atoms with Crippen LogP contribution in [0, 0.1) is 0 Å². The second-order valence-corrected chi connectivity index (χ2v) is 4.97. The third kappa shape index (κ3) is 3.90. The number of nitrogens with zero attached hydrogens (tertiary/aromatic N) is 1. The summed E-state index contributed by atoms with van der Waals surface area (Å²) in [6.07, 6.45) is 3.23. The number of anilines is 1. The Bertz CT molecular complexity index is 352. The fraction of sp³-hybridized carbons (Fsp3) is 0.571. The van der Waals surface area contributed by atoms with Crippen LogP contribution in [0.2, 0.25) is 5.02 Å². The maximum Gasteiger partial charge on any atom is 0.0459 e. The van der Waals surface area contributed by atoms with E-state index in [-0.39, 0.29) is 0 Å². The van der Waals surface area contributed by atoms with Crippen LogP contribution in [0.3, 0.4) is 0 Å². The van der Waals surface area contributed by atoms with Crippen molar-refractivity contribution in [2.24, 2.45) is 5.73 Å². The van der Waals surface area contributed by atoms with Crippen LogP contribution in [0.4, 0.5) is 5.69 Å². The molecule has 1 unspecified atom stereocenters. The molecule has 0 spiro atoms. The Morgan fingerprint density at radius 3 is 2.65 bits per heavy atom. The number of rotatable bonds is 6. The van der Waals surface area contributed by atoms with Crippen LogP contribution in [0.1, 0.15) is 32.3 Å². The molecule has 0 aliphatic rings. The van der Waals surface area contributed by atoms with Gasteiger partial charge in [0.25, 0.3) is 0 Å². The highest BCUT2D eigenvalue weighted by Crippen LogP contribution is 2.25. The van der Waals surface area contributed by atoms with Crippen LogP contribution in [-0.4, -0.2) is 19.6 Å². The van der Waals surface area contributed by atoms with Gasteiger partial charge in [0.1, 0.15) is 0 Å². The fourth-order valence-electron chi connectivity index (χ4n) is 1.98. The molecule has 0 saturated heterocycles. The van der Waals surface area contributed by atoms with Crippen LogP contribution < -0.4 is 10.6 Å². The molecule has 17 heavy (non-hydrogen) atoms. The highest BCUT2D eigenvalue weighted by Gasteiger charge is 2.10. The van der Waals surface area contributed by atoms with Crippen LogP contribution in [0.15, 0.2) is 18.2 Å². The van der Waals surface area contributed by atoms with Gasteiger partial charge in [-0.1, -0.05) is 31.0 Å². The second kappa shape index (κ2) is 6.87. The van der Waals surface area contributed by atoms with Gasteiger partial charge < -0.3 is 10.6 Å². The van der Waals surface area contributed by atoms with Crippen LogP contribution in [-0.2, 0) is 6.42 Å². The van der Waals surface area contributed by atoms with E-state index in [9.17, 15) is 0 Å². The number of hydrogen-bond donors (Lipinski definition) is 1. The van der Waals surface area contributed by atoms with E-state index in [0.29, 0.717) is 12.6 Å². The summed E-state index contributed by atoms with van der Waals surface area (Å²) >= 11 is 6.25. The van der Waals surface area contributed by atoms with Gasteiger partial charge in [-0.05, 0) is 44.0 Å². The molecule has 0 amide bonds. The van der Waals surface area contributed by atoms with Gasteiger partial charge in [0.15, 0.2) is 0 Å². The Balaban J connectivity index is 2.81. The molecule has 96 valence electrons. The topological polar surface area (TPSA) is 29.3 Å². The summed E-state index contributed by atoms with van der Waals surface area (Å²) in [5.41, 5.74) is 7.86. The molecule has 1 aromatic rings. The first kappa shape index (κ1) is 14.3. The Kier molecular flexibility index (Phi) is 5.79. The van der Waals surface area contributed by atoms with E-state index in [2.05, 4.69) is 37.9 Å². The van der Waals surface area contributed by atoms with Gasteiger partial charge in [0.2, 0.25) is 0 Å². The highest BCUT2D eigenvalue weighted by molar-refractivity contribution is 6.31.